The van der Waals surface area contributed by atoms with E-state index in [4.69, 9.17) is 4.74 Å². The number of piperidine rings is 1. The van der Waals surface area contributed by atoms with Crippen molar-refractivity contribution in [3.8, 4) is 0 Å². The average Bonchev–Trinajstić information content (AvgIpc) is 2.80. The molecule has 8 heteroatoms. The van der Waals surface area contributed by atoms with Crippen LogP contribution in [0, 0.1) is 11.7 Å². The van der Waals surface area contributed by atoms with Crippen molar-refractivity contribution in [3.63, 3.8) is 0 Å². The average molecular weight is 426 g/mol. The lowest BCUT2D eigenvalue weighted by atomic mass is 9.97. The van der Waals surface area contributed by atoms with Crippen molar-refractivity contribution in [2.75, 3.05) is 54.9 Å². The minimum atomic E-state index is -0.368. The Balaban J connectivity index is 1.34. The van der Waals surface area contributed by atoms with Crippen molar-refractivity contribution < 1.29 is 18.7 Å². The van der Waals surface area contributed by atoms with Crippen LogP contribution in [-0.2, 0) is 9.53 Å². The molecular weight excluding hydrogens is 399 g/mol. The fourth-order valence-electron chi connectivity index (χ4n) is 3.99. The lowest BCUT2D eigenvalue weighted by Gasteiger charge is -2.32. The van der Waals surface area contributed by atoms with E-state index in [0.717, 1.165) is 12.1 Å². The minimum Gasteiger partial charge on any atom is -0.378 e. The minimum absolute atomic E-state index is 0.198. The number of anilines is 3. The number of halogens is 1. The van der Waals surface area contributed by atoms with Crippen LogP contribution in [0.4, 0.5) is 26.2 Å². The summed E-state index contributed by atoms with van der Waals surface area (Å²) >= 11 is 0. The van der Waals surface area contributed by atoms with Crippen LogP contribution >= 0.6 is 0 Å². The number of nitrogens with zero attached hydrogens (tertiary/aromatic N) is 2. The number of urea groups is 1. The standard InChI is InChI=1S/C23H27FN4O3/c24-20-15-19(8-9-21(20)27-11-13-31-14-12-27)25-22(29)17-5-4-10-28(16-17)23(30)26-18-6-2-1-3-7-18/h1-3,6-9,15,17H,4-5,10-14,16H2,(H,25,29)(H,26,30). The van der Waals surface area contributed by atoms with E-state index in [2.05, 4.69) is 10.6 Å². The molecule has 0 aromatic heterocycles. The molecule has 2 fully saturated rings. The number of nitrogens with one attached hydrogen (secondary N) is 2. The Labute approximate surface area is 181 Å². The number of ether oxygens (including phenoxy) is 1. The molecule has 2 N–H and O–H groups in total. The Morgan fingerprint density at radius 3 is 2.48 bits per heavy atom. The van der Waals surface area contributed by atoms with Crippen LogP contribution in [0.2, 0.25) is 0 Å². The summed E-state index contributed by atoms with van der Waals surface area (Å²) in [6, 6.07) is 13.8. The first-order valence-electron chi connectivity index (χ1n) is 10.6. The van der Waals surface area contributed by atoms with E-state index < -0.39 is 0 Å². The zero-order chi connectivity index (χ0) is 21.6. The topological polar surface area (TPSA) is 73.9 Å². The number of morpholine rings is 1. The summed E-state index contributed by atoms with van der Waals surface area (Å²) in [4.78, 5) is 28.9. The molecule has 1 unspecified atom stereocenters. The summed E-state index contributed by atoms with van der Waals surface area (Å²) in [5, 5.41) is 5.67. The van der Waals surface area contributed by atoms with Gasteiger partial charge in [-0.1, -0.05) is 18.2 Å². The Morgan fingerprint density at radius 1 is 0.968 bits per heavy atom. The van der Waals surface area contributed by atoms with Crippen LogP contribution in [0.25, 0.3) is 0 Å². The fourth-order valence-corrected chi connectivity index (χ4v) is 3.99. The number of hydrogen-bond acceptors (Lipinski definition) is 4. The van der Waals surface area contributed by atoms with E-state index in [1.807, 2.05) is 35.2 Å². The zero-order valence-corrected chi connectivity index (χ0v) is 17.4. The summed E-state index contributed by atoms with van der Waals surface area (Å²) in [6.07, 6.45) is 1.43. The second-order valence-electron chi connectivity index (χ2n) is 7.84. The second-order valence-corrected chi connectivity index (χ2v) is 7.84. The van der Waals surface area contributed by atoms with Crippen LogP contribution in [0.15, 0.2) is 48.5 Å². The number of benzene rings is 2. The van der Waals surface area contributed by atoms with Gasteiger partial charge in [0.15, 0.2) is 0 Å². The molecule has 2 aliphatic heterocycles. The van der Waals surface area contributed by atoms with Crippen LogP contribution in [0.5, 0.6) is 0 Å². The first kappa shape index (κ1) is 21.1. The van der Waals surface area contributed by atoms with Gasteiger partial charge in [0.1, 0.15) is 5.82 Å². The molecule has 2 heterocycles. The summed E-state index contributed by atoms with van der Waals surface area (Å²) < 4.78 is 19.9. The number of carbonyl (C=O) groups excluding carboxylic acids is 2. The normalized spacial score (nSPS) is 19.1. The van der Waals surface area contributed by atoms with Gasteiger partial charge in [0.2, 0.25) is 5.91 Å². The molecule has 2 saturated heterocycles. The third-order valence-electron chi connectivity index (χ3n) is 5.67. The molecule has 7 nitrogen and oxygen atoms in total. The largest absolute Gasteiger partial charge is 0.378 e. The molecule has 31 heavy (non-hydrogen) atoms. The Kier molecular flexibility index (Phi) is 6.66. The Hall–Kier alpha value is -3.13. The van der Waals surface area contributed by atoms with Gasteiger partial charge in [-0.2, -0.15) is 0 Å². The number of carbonyl (C=O) groups is 2. The third kappa shape index (κ3) is 5.32. The lowest BCUT2D eigenvalue weighted by molar-refractivity contribution is -0.121. The molecule has 4 rings (SSSR count). The maximum Gasteiger partial charge on any atom is 0.321 e. The first-order chi connectivity index (χ1) is 15.1. The predicted octanol–water partition coefficient (Wildman–Crippen LogP) is 3.54. The van der Waals surface area contributed by atoms with Gasteiger partial charge in [-0.25, -0.2) is 9.18 Å². The van der Waals surface area contributed by atoms with E-state index in [-0.39, 0.29) is 23.7 Å². The van der Waals surface area contributed by atoms with Crippen LogP contribution in [-0.4, -0.2) is 56.2 Å². The quantitative estimate of drug-likeness (QED) is 0.784. The molecule has 0 aliphatic carbocycles. The van der Waals surface area contributed by atoms with E-state index in [1.165, 1.54) is 6.07 Å². The molecule has 0 saturated carbocycles. The van der Waals surface area contributed by atoms with Crippen molar-refractivity contribution in [3.05, 3.63) is 54.3 Å². The summed E-state index contributed by atoms with van der Waals surface area (Å²) in [5.41, 5.74) is 1.66. The molecule has 3 amide bonds. The van der Waals surface area contributed by atoms with Gasteiger partial charge >= 0.3 is 6.03 Å². The molecular formula is C23H27FN4O3. The molecule has 0 spiro atoms. The highest BCUT2D eigenvalue weighted by molar-refractivity contribution is 5.94. The number of para-hydroxylation sites is 1. The number of amides is 3. The number of hydrogen-bond donors (Lipinski definition) is 2. The molecule has 2 aliphatic rings. The van der Waals surface area contributed by atoms with Crippen molar-refractivity contribution in [1.82, 2.24) is 4.90 Å². The monoisotopic (exact) mass is 426 g/mol. The molecule has 0 bridgehead atoms. The smallest absolute Gasteiger partial charge is 0.321 e. The van der Waals surface area contributed by atoms with Gasteiger partial charge in [0, 0.05) is 37.6 Å². The fraction of sp³-hybridized carbons (Fsp3) is 0.391. The lowest BCUT2D eigenvalue weighted by Crippen LogP contribution is -2.45. The molecule has 2 aromatic rings. The van der Waals surface area contributed by atoms with E-state index >= 15 is 0 Å². The maximum atomic E-state index is 14.6. The highest BCUT2D eigenvalue weighted by Crippen LogP contribution is 2.25. The Morgan fingerprint density at radius 2 is 1.74 bits per heavy atom. The zero-order valence-electron chi connectivity index (χ0n) is 17.4. The molecule has 0 radical (unpaired) electrons. The second kappa shape index (κ2) is 9.78. The molecule has 2 aromatic carbocycles. The van der Waals surface area contributed by atoms with Crippen LogP contribution in [0.3, 0.4) is 0 Å². The van der Waals surface area contributed by atoms with Gasteiger partial charge < -0.3 is 25.2 Å². The molecule has 1 atom stereocenters. The predicted molar refractivity (Wildman–Crippen MR) is 118 cm³/mol. The van der Waals surface area contributed by atoms with Crippen LogP contribution in [0.1, 0.15) is 12.8 Å². The summed E-state index contributed by atoms with van der Waals surface area (Å²) in [5.74, 6) is -0.903. The van der Waals surface area contributed by atoms with E-state index in [1.54, 1.807) is 17.0 Å². The van der Waals surface area contributed by atoms with Gasteiger partial charge in [-0.05, 0) is 43.2 Å². The maximum absolute atomic E-state index is 14.6. The Bertz CT molecular complexity index is 918. The van der Waals surface area contributed by atoms with Crippen molar-refractivity contribution in [1.29, 1.82) is 0 Å². The van der Waals surface area contributed by atoms with E-state index in [9.17, 15) is 14.0 Å². The number of likely N-dealkylation sites (tertiary alicyclic amines) is 1. The SMILES string of the molecule is O=C(Nc1ccc(N2CCOCC2)c(F)c1)C1CCCN(C(=O)Nc2ccccc2)C1. The van der Waals surface area contributed by atoms with E-state index in [0.29, 0.717) is 57.2 Å². The van der Waals surface area contributed by atoms with Crippen molar-refractivity contribution in [2.45, 2.75) is 12.8 Å². The van der Waals surface area contributed by atoms with Crippen molar-refractivity contribution in [2.24, 2.45) is 5.92 Å². The van der Waals surface area contributed by atoms with Gasteiger partial charge in [0.25, 0.3) is 0 Å². The number of rotatable bonds is 4. The van der Waals surface area contributed by atoms with Crippen LogP contribution < -0.4 is 15.5 Å². The van der Waals surface area contributed by atoms with Crippen molar-refractivity contribution >= 4 is 29.0 Å². The first-order valence-corrected chi connectivity index (χ1v) is 10.6. The van der Waals surface area contributed by atoms with Gasteiger partial charge in [-0.15, -0.1) is 0 Å². The third-order valence-corrected chi connectivity index (χ3v) is 5.67. The highest BCUT2D eigenvalue weighted by Gasteiger charge is 2.29. The summed E-state index contributed by atoms with van der Waals surface area (Å²) in [6.45, 7) is 3.38. The summed E-state index contributed by atoms with van der Waals surface area (Å²) in [7, 11) is 0. The highest BCUT2D eigenvalue weighted by atomic mass is 19.1. The van der Waals surface area contributed by atoms with Gasteiger partial charge in [0.05, 0.1) is 24.8 Å². The molecule has 164 valence electrons. The van der Waals surface area contributed by atoms with Gasteiger partial charge in [-0.3, -0.25) is 4.79 Å².